The van der Waals surface area contributed by atoms with Crippen LogP contribution in [0.15, 0.2) is 77.4 Å². The van der Waals surface area contributed by atoms with Crippen molar-refractivity contribution >= 4 is 38.9 Å². The van der Waals surface area contributed by atoms with Gasteiger partial charge in [-0.15, -0.1) is 0 Å². The molecule has 0 saturated carbocycles. The summed E-state index contributed by atoms with van der Waals surface area (Å²) in [7, 11) is 0. The number of anilines is 1. The van der Waals surface area contributed by atoms with E-state index in [4.69, 9.17) is 12.2 Å². The van der Waals surface area contributed by atoms with Crippen molar-refractivity contribution in [2.24, 2.45) is 0 Å². The number of pyridine rings is 1. The van der Waals surface area contributed by atoms with Gasteiger partial charge in [-0.1, -0.05) is 34.1 Å². The van der Waals surface area contributed by atoms with Gasteiger partial charge in [0.25, 0.3) is 0 Å². The summed E-state index contributed by atoms with van der Waals surface area (Å²) in [5.41, 5.74) is 6.57. The molecule has 0 amide bonds. The maximum atomic E-state index is 14.8. The molecule has 1 aliphatic heterocycles. The van der Waals surface area contributed by atoms with E-state index in [1.807, 2.05) is 54.8 Å². The number of benzene rings is 2. The Balaban J connectivity index is 1.70. The van der Waals surface area contributed by atoms with Gasteiger partial charge in [-0.3, -0.25) is 4.98 Å². The van der Waals surface area contributed by atoms with Gasteiger partial charge < -0.3 is 14.8 Å². The lowest BCUT2D eigenvalue weighted by atomic mass is 9.96. The Morgan fingerprint density at radius 2 is 1.76 bits per heavy atom. The molecule has 2 aromatic heterocycles. The summed E-state index contributed by atoms with van der Waals surface area (Å²) in [6, 6.07) is 20.8. The van der Waals surface area contributed by atoms with Gasteiger partial charge in [-0.25, -0.2) is 4.39 Å². The fourth-order valence-corrected chi connectivity index (χ4v) is 5.41. The van der Waals surface area contributed by atoms with Crippen molar-refractivity contribution < 1.29 is 4.39 Å². The molecule has 1 saturated heterocycles. The second kappa shape index (κ2) is 8.96. The second-order valence-electron chi connectivity index (χ2n) is 8.54. The van der Waals surface area contributed by atoms with Crippen molar-refractivity contribution in [3.05, 3.63) is 111 Å². The molecular formula is C27H24BrFN4S. The third kappa shape index (κ3) is 3.83. The van der Waals surface area contributed by atoms with Crippen molar-refractivity contribution in [1.29, 1.82) is 0 Å². The lowest BCUT2D eigenvalue weighted by Gasteiger charge is -2.28. The lowest BCUT2D eigenvalue weighted by molar-refractivity contribution is 0.564. The number of thiocarbonyl (C=S) groups is 1. The van der Waals surface area contributed by atoms with Crippen molar-refractivity contribution in [2.75, 3.05) is 4.90 Å². The molecular weight excluding hydrogens is 511 g/mol. The highest BCUT2D eigenvalue weighted by molar-refractivity contribution is 9.10. The number of nitrogens with one attached hydrogen (secondary N) is 1. The molecule has 1 aliphatic rings. The third-order valence-corrected chi connectivity index (χ3v) is 7.60. The SMILES string of the molecule is Cc1cc(N2C(=S)NC(c3ccccn3)C2c2cc(C)n(-c3ccccc3F)c2C)ccc1Br. The van der Waals surface area contributed by atoms with Crippen LogP contribution in [0.5, 0.6) is 0 Å². The zero-order valence-electron chi connectivity index (χ0n) is 19.1. The Hall–Kier alpha value is -3.03. The van der Waals surface area contributed by atoms with Gasteiger partial charge in [0.05, 0.1) is 23.5 Å². The maximum absolute atomic E-state index is 14.8. The molecule has 1 N–H and O–H groups in total. The highest BCUT2D eigenvalue weighted by Crippen LogP contribution is 2.44. The van der Waals surface area contributed by atoms with Crippen molar-refractivity contribution in [3.63, 3.8) is 0 Å². The highest BCUT2D eigenvalue weighted by atomic mass is 79.9. The number of aryl methyl sites for hydroxylation is 2. The zero-order chi connectivity index (χ0) is 24.0. The molecule has 0 aliphatic carbocycles. The Morgan fingerprint density at radius 1 is 1.00 bits per heavy atom. The summed E-state index contributed by atoms with van der Waals surface area (Å²) in [6.45, 7) is 6.11. The first-order valence-corrected chi connectivity index (χ1v) is 12.3. The number of aromatic nitrogens is 2. The molecule has 2 atom stereocenters. The van der Waals surface area contributed by atoms with Gasteiger partial charge in [0.2, 0.25) is 0 Å². The van der Waals surface area contributed by atoms with Crippen LogP contribution in [0.25, 0.3) is 5.69 Å². The van der Waals surface area contributed by atoms with Gasteiger partial charge in [0.15, 0.2) is 5.11 Å². The van der Waals surface area contributed by atoms with Crippen LogP contribution in [0.3, 0.4) is 0 Å². The van der Waals surface area contributed by atoms with Gasteiger partial charge >= 0.3 is 0 Å². The number of hydrogen-bond donors (Lipinski definition) is 1. The van der Waals surface area contributed by atoms with E-state index in [1.54, 1.807) is 12.3 Å². The molecule has 34 heavy (non-hydrogen) atoms. The molecule has 0 spiro atoms. The average Bonchev–Trinajstić information content (AvgIpc) is 3.32. The molecule has 0 bridgehead atoms. The van der Waals surface area contributed by atoms with E-state index < -0.39 is 0 Å². The van der Waals surface area contributed by atoms with Crippen LogP contribution in [0.1, 0.15) is 40.3 Å². The van der Waals surface area contributed by atoms with Crippen molar-refractivity contribution in [3.8, 4) is 5.69 Å². The van der Waals surface area contributed by atoms with Crippen LogP contribution in [0.4, 0.5) is 10.1 Å². The zero-order valence-corrected chi connectivity index (χ0v) is 21.5. The number of hydrogen-bond acceptors (Lipinski definition) is 2. The molecule has 2 aromatic carbocycles. The molecule has 4 nitrogen and oxygen atoms in total. The van der Waals surface area contributed by atoms with Crippen LogP contribution >= 0.6 is 28.1 Å². The van der Waals surface area contributed by atoms with Crippen LogP contribution in [-0.4, -0.2) is 14.7 Å². The molecule has 3 heterocycles. The van der Waals surface area contributed by atoms with Gasteiger partial charge in [0.1, 0.15) is 5.82 Å². The Morgan fingerprint density at radius 3 is 2.47 bits per heavy atom. The summed E-state index contributed by atoms with van der Waals surface area (Å²) < 4.78 is 17.8. The van der Waals surface area contributed by atoms with Gasteiger partial charge in [-0.2, -0.15) is 0 Å². The minimum atomic E-state index is -0.252. The van der Waals surface area contributed by atoms with Crippen molar-refractivity contribution in [1.82, 2.24) is 14.9 Å². The minimum absolute atomic E-state index is 0.158. The Kier molecular flexibility index (Phi) is 6.00. The van der Waals surface area contributed by atoms with Crippen LogP contribution < -0.4 is 10.2 Å². The van der Waals surface area contributed by atoms with E-state index in [2.05, 4.69) is 56.3 Å². The lowest BCUT2D eigenvalue weighted by Crippen LogP contribution is -2.29. The predicted octanol–water partition coefficient (Wildman–Crippen LogP) is 6.88. The fraction of sp³-hybridized carbons (Fsp3) is 0.185. The number of rotatable bonds is 4. The predicted molar refractivity (Wildman–Crippen MR) is 142 cm³/mol. The molecule has 2 unspecified atom stereocenters. The van der Waals surface area contributed by atoms with Gasteiger partial charge in [-0.05, 0) is 92.6 Å². The normalized spacial score (nSPS) is 17.8. The van der Waals surface area contributed by atoms with Gasteiger partial charge in [0, 0.05) is 27.7 Å². The molecule has 1 fully saturated rings. The van der Waals surface area contributed by atoms with Crippen molar-refractivity contribution in [2.45, 2.75) is 32.9 Å². The summed E-state index contributed by atoms with van der Waals surface area (Å²) >= 11 is 9.46. The van der Waals surface area contributed by atoms with E-state index in [1.165, 1.54) is 6.07 Å². The second-order valence-corrected chi connectivity index (χ2v) is 9.78. The molecule has 7 heteroatoms. The standard InChI is InChI=1S/C27H24BrFN4S/c1-16-14-19(11-12-21(16)28)33-26(25(31-27(33)34)23-9-6-7-13-30-23)20-15-17(2)32(18(20)3)24-10-5-4-8-22(24)29/h4-15,25-26H,1-3H3,(H,31,34). The number of para-hydroxylation sites is 1. The highest BCUT2D eigenvalue weighted by Gasteiger charge is 2.42. The largest absolute Gasteiger partial charge is 0.351 e. The average molecular weight is 535 g/mol. The third-order valence-electron chi connectivity index (χ3n) is 6.40. The smallest absolute Gasteiger partial charge is 0.174 e. The topological polar surface area (TPSA) is 33.1 Å². The number of halogens is 2. The Bertz CT molecular complexity index is 1380. The van der Waals surface area contributed by atoms with E-state index in [9.17, 15) is 4.39 Å². The summed E-state index contributed by atoms with van der Waals surface area (Å²) in [5.74, 6) is -0.252. The quantitative estimate of drug-likeness (QED) is 0.289. The van der Waals surface area contributed by atoms with Crippen LogP contribution in [0, 0.1) is 26.6 Å². The monoisotopic (exact) mass is 534 g/mol. The molecule has 4 aromatic rings. The maximum Gasteiger partial charge on any atom is 0.174 e. The van der Waals surface area contributed by atoms with E-state index >= 15 is 0 Å². The Labute approximate surface area is 212 Å². The van der Waals surface area contributed by atoms with E-state index in [0.29, 0.717) is 10.8 Å². The molecule has 172 valence electrons. The van der Waals surface area contributed by atoms with E-state index in [-0.39, 0.29) is 17.9 Å². The first kappa shape index (κ1) is 22.7. The number of nitrogens with zero attached hydrogens (tertiary/aromatic N) is 3. The minimum Gasteiger partial charge on any atom is -0.351 e. The first-order chi connectivity index (χ1) is 16.4. The van der Waals surface area contributed by atoms with E-state index in [0.717, 1.165) is 38.4 Å². The molecule has 0 radical (unpaired) electrons. The fourth-order valence-electron chi connectivity index (χ4n) is 4.82. The van der Waals surface area contributed by atoms with Crippen LogP contribution in [0.2, 0.25) is 0 Å². The first-order valence-electron chi connectivity index (χ1n) is 11.1. The summed E-state index contributed by atoms with van der Waals surface area (Å²) in [4.78, 5) is 6.79. The summed E-state index contributed by atoms with van der Waals surface area (Å²) in [5, 5.41) is 4.15. The molecule has 5 rings (SSSR count). The van der Waals surface area contributed by atoms with Crippen LogP contribution in [-0.2, 0) is 0 Å². The summed E-state index contributed by atoms with van der Waals surface area (Å²) in [6.07, 6.45) is 1.80.